The highest BCUT2D eigenvalue weighted by Crippen LogP contribution is 2.22. The highest BCUT2D eigenvalue weighted by Gasteiger charge is 2.34. The van der Waals surface area contributed by atoms with Crippen LogP contribution < -0.4 is 0 Å². The van der Waals surface area contributed by atoms with E-state index >= 15 is 0 Å². The molecular weight excluding hydrogens is 386 g/mol. The van der Waals surface area contributed by atoms with Crippen LogP contribution in [-0.2, 0) is 13.0 Å². The Bertz CT molecular complexity index is 1200. The fraction of sp³-hybridized carbons (Fsp3) is 0.150. The van der Waals surface area contributed by atoms with Gasteiger partial charge >= 0.3 is 0 Å². The number of carbonyl (C=O) groups excluding carboxylic acids is 2. The summed E-state index contributed by atoms with van der Waals surface area (Å²) in [5, 5.41) is 16.2. The molecule has 2 amide bonds. The number of aromatic nitrogens is 6. The van der Waals surface area contributed by atoms with Crippen LogP contribution in [0.1, 0.15) is 32.4 Å². The van der Waals surface area contributed by atoms with Crippen molar-refractivity contribution >= 4 is 11.8 Å². The maximum atomic E-state index is 12.4. The second-order valence-electron chi connectivity index (χ2n) is 6.67. The summed E-state index contributed by atoms with van der Waals surface area (Å²) in [6.45, 7) is 0.344. The molecule has 2 aromatic carbocycles. The zero-order valence-electron chi connectivity index (χ0n) is 15.7. The predicted octanol–water partition coefficient (Wildman–Crippen LogP) is 1.61. The minimum absolute atomic E-state index is 0.167. The van der Waals surface area contributed by atoms with Gasteiger partial charge in [-0.25, -0.2) is 0 Å². The molecule has 0 bridgehead atoms. The van der Waals surface area contributed by atoms with Crippen LogP contribution in [0.2, 0.25) is 0 Å². The smallest absolute Gasteiger partial charge is 0.261 e. The number of tetrazole rings is 1. The summed E-state index contributed by atoms with van der Waals surface area (Å²) in [5.41, 5.74) is 1.69. The van der Waals surface area contributed by atoms with E-state index in [-0.39, 0.29) is 24.9 Å². The Hall–Kier alpha value is -4.21. The Morgan fingerprint density at radius 2 is 1.60 bits per heavy atom. The van der Waals surface area contributed by atoms with Crippen molar-refractivity contribution in [2.75, 3.05) is 6.54 Å². The van der Waals surface area contributed by atoms with E-state index in [4.69, 9.17) is 4.52 Å². The van der Waals surface area contributed by atoms with Crippen molar-refractivity contribution in [2.45, 2.75) is 13.0 Å². The fourth-order valence-electron chi connectivity index (χ4n) is 3.24. The highest BCUT2D eigenvalue weighted by molar-refractivity contribution is 6.21. The Labute approximate surface area is 170 Å². The lowest BCUT2D eigenvalue weighted by Gasteiger charge is -2.11. The van der Waals surface area contributed by atoms with Gasteiger partial charge in [0.25, 0.3) is 17.7 Å². The summed E-state index contributed by atoms with van der Waals surface area (Å²) >= 11 is 0. The first-order valence-corrected chi connectivity index (χ1v) is 9.29. The Morgan fingerprint density at radius 1 is 0.900 bits per heavy atom. The second kappa shape index (κ2) is 7.32. The SMILES string of the molecule is O=C1c2ccccc2C(=O)N1CCc1nnn(Cc2nc(-c3ccccc3)no2)n1. The van der Waals surface area contributed by atoms with Crippen LogP contribution in [-0.4, -0.2) is 53.6 Å². The molecule has 1 aliphatic heterocycles. The third-order valence-corrected chi connectivity index (χ3v) is 4.71. The van der Waals surface area contributed by atoms with Crippen LogP contribution >= 0.6 is 0 Å². The van der Waals surface area contributed by atoms with E-state index in [1.165, 1.54) is 9.70 Å². The van der Waals surface area contributed by atoms with Crippen LogP contribution in [0.15, 0.2) is 59.1 Å². The summed E-state index contributed by atoms with van der Waals surface area (Å²) in [6, 6.07) is 16.3. The number of carbonyl (C=O) groups is 2. The van der Waals surface area contributed by atoms with Gasteiger partial charge in [-0.1, -0.05) is 47.6 Å². The molecule has 4 aromatic rings. The maximum Gasteiger partial charge on any atom is 0.261 e. The van der Waals surface area contributed by atoms with Gasteiger partial charge in [-0.05, 0) is 17.3 Å². The molecule has 0 saturated heterocycles. The molecule has 0 atom stereocenters. The number of amides is 2. The second-order valence-corrected chi connectivity index (χ2v) is 6.67. The third-order valence-electron chi connectivity index (χ3n) is 4.71. The van der Waals surface area contributed by atoms with Crippen molar-refractivity contribution in [3.05, 3.63) is 77.4 Å². The van der Waals surface area contributed by atoms with Crippen molar-refractivity contribution in [3.8, 4) is 11.4 Å². The summed E-state index contributed by atoms with van der Waals surface area (Å²) in [4.78, 5) is 31.7. The molecule has 0 saturated carbocycles. The zero-order chi connectivity index (χ0) is 20.5. The van der Waals surface area contributed by atoms with Crippen LogP contribution in [0.5, 0.6) is 0 Å². The third kappa shape index (κ3) is 3.24. The van der Waals surface area contributed by atoms with Gasteiger partial charge < -0.3 is 4.52 Å². The molecule has 148 valence electrons. The summed E-state index contributed by atoms with van der Waals surface area (Å²) in [6.07, 6.45) is 0.296. The Kier molecular flexibility index (Phi) is 4.36. The summed E-state index contributed by atoms with van der Waals surface area (Å²) in [7, 11) is 0. The topological polar surface area (TPSA) is 120 Å². The number of rotatable bonds is 6. The number of hydrogen-bond acceptors (Lipinski definition) is 8. The average Bonchev–Trinajstić information content (AvgIpc) is 3.49. The van der Waals surface area contributed by atoms with Gasteiger partial charge in [0.1, 0.15) is 6.54 Å². The minimum atomic E-state index is -0.303. The molecule has 0 fully saturated rings. The summed E-state index contributed by atoms with van der Waals surface area (Å²) < 4.78 is 5.25. The van der Waals surface area contributed by atoms with Gasteiger partial charge in [-0.2, -0.15) is 9.78 Å². The molecule has 3 heterocycles. The molecule has 0 aliphatic carbocycles. The molecule has 30 heavy (non-hydrogen) atoms. The number of fused-ring (bicyclic) bond motifs is 1. The minimum Gasteiger partial charge on any atom is -0.337 e. The quantitative estimate of drug-likeness (QED) is 0.447. The number of nitrogens with zero attached hydrogens (tertiary/aromatic N) is 7. The van der Waals surface area contributed by atoms with Gasteiger partial charge in [-0.3, -0.25) is 14.5 Å². The van der Waals surface area contributed by atoms with E-state index in [2.05, 4.69) is 25.6 Å². The number of hydrogen-bond donors (Lipinski definition) is 0. The Balaban J connectivity index is 1.22. The van der Waals surface area contributed by atoms with Crippen molar-refractivity contribution in [1.82, 2.24) is 35.2 Å². The largest absolute Gasteiger partial charge is 0.337 e. The van der Waals surface area contributed by atoms with Gasteiger partial charge in [0.15, 0.2) is 5.82 Å². The Morgan fingerprint density at radius 3 is 2.33 bits per heavy atom. The summed E-state index contributed by atoms with van der Waals surface area (Å²) in [5.74, 6) is 0.633. The monoisotopic (exact) mass is 401 g/mol. The van der Waals surface area contributed by atoms with Crippen LogP contribution in [0, 0.1) is 0 Å². The van der Waals surface area contributed by atoms with Crippen LogP contribution in [0.3, 0.4) is 0 Å². The molecule has 1 aliphatic rings. The lowest BCUT2D eigenvalue weighted by molar-refractivity contribution is 0.0655. The van der Waals surface area contributed by atoms with Gasteiger partial charge in [0.05, 0.1) is 11.1 Å². The van der Waals surface area contributed by atoms with Crippen LogP contribution in [0.4, 0.5) is 0 Å². The van der Waals surface area contributed by atoms with E-state index in [0.717, 1.165) is 5.56 Å². The number of benzene rings is 2. The van der Waals surface area contributed by atoms with E-state index in [9.17, 15) is 9.59 Å². The van der Waals surface area contributed by atoms with Gasteiger partial charge in [0, 0.05) is 18.5 Å². The first kappa shape index (κ1) is 17.9. The predicted molar refractivity (Wildman–Crippen MR) is 102 cm³/mol. The first-order valence-electron chi connectivity index (χ1n) is 9.29. The molecule has 2 aromatic heterocycles. The van der Waals surface area contributed by atoms with E-state index in [1.54, 1.807) is 24.3 Å². The standard InChI is InChI=1S/C20H15N7O3/c28-19-14-8-4-5-9-15(14)20(29)26(19)11-10-16-22-25-27(23-16)12-17-21-18(24-30-17)13-6-2-1-3-7-13/h1-9H,10-12H2. The van der Waals surface area contributed by atoms with E-state index < -0.39 is 0 Å². The van der Waals surface area contributed by atoms with Crippen molar-refractivity contribution in [1.29, 1.82) is 0 Å². The molecule has 0 spiro atoms. The molecular formula is C20H15N7O3. The molecule has 10 nitrogen and oxygen atoms in total. The molecule has 10 heteroatoms. The number of imide groups is 1. The van der Waals surface area contributed by atoms with Crippen LogP contribution in [0.25, 0.3) is 11.4 Å². The molecule has 5 rings (SSSR count). The highest BCUT2D eigenvalue weighted by atomic mass is 16.5. The van der Waals surface area contributed by atoms with Crippen molar-refractivity contribution < 1.29 is 14.1 Å². The van der Waals surface area contributed by atoms with E-state index in [0.29, 0.717) is 35.1 Å². The van der Waals surface area contributed by atoms with Gasteiger partial charge in [-0.15, -0.1) is 10.2 Å². The normalized spacial score (nSPS) is 13.1. The average molecular weight is 401 g/mol. The molecule has 0 unspecified atom stereocenters. The zero-order valence-corrected chi connectivity index (χ0v) is 15.7. The lowest BCUT2D eigenvalue weighted by atomic mass is 10.1. The van der Waals surface area contributed by atoms with Gasteiger partial charge in [0.2, 0.25) is 5.82 Å². The maximum absolute atomic E-state index is 12.4. The fourth-order valence-corrected chi connectivity index (χ4v) is 3.24. The van der Waals surface area contributed by atoms with Crippen molar-refractivity contribution in [2.24, 2.45) is 0 Å². The molecule has 0 N–H and O–H groups in total. The van der Waals surface area contributed by atoms with E-state index in [1.807, 2.05) is 30.3 Å². The molecule has 0 radical (unpaired) electrons. The lowest BCUT2D eigenvalue weighted by Crippen LogP contribution is -2.32. The first-order chi connectivity index (χ1) is 14.7. The van der Waals surface area contributed by atoms with Crippen molar-refractivity contribution in [3.63, 3.8) is 0 Å².